The molecule has 16 heavy (non-hydrogen) atoms. The van der Waals surface area contributed by atoms with Crippen molar-refractivity contribution in [1.82, 2.24) is 10.6 Å². The minimum absolute atomic E-state index is 0.0736. The van der Waals surface area contributed by atoms with Gasteiger partial charge in [0, 0.05) is 6.54 Å². The van der Waals surface area contributed by atoms with E-state index < -0.39 is 0 Å². The van der Waals surface area contributed by atoms with E-state index in [9.17, 15) is 4.79 Å². The first kappa shape index (κ1) is 11.1. The topological polar surface area (TPSA) is 41.1 Å². The van der Waals surface area contributed by atoms with Gasteiger partial charge in [-0.2, -0.15) is 0 Å². The van der Waals surface area contributed by atoms with E-state index in [1.165, 1.54) is 12.8 Å². The Hall–Kier alpha value is -1.35. The second-order valence-corrected chi connectivity index (χ2v) is 4.34. The summed E-state index contributed by atoms with van der Waals surface area (Å²) in [7, 11) is 0. The number of amides is 1. The van der Waals surface area contributed by atoms with E-state index in [-0.39, 0.29) is 5.91 Å². The average Bonchev–Trinajstić information content (AvgIpc) is 3.12. The zero-order chi connectivity index (χ0) is 11.2. The Kier molecular flexibility index (Phi) is 3.94. The zero-order valence-electron chi connectivity index (χ0n) is 9.41. The van der Waals surface area contributed by atoms with Gasteiger partial charge in [0.2, 0.25) is 5.91 Å². The molecule has 2 rings (SSSR count). The first-order valence-corrected chi connectivity index (χ1v) is 5.86. The van der Waals surface area contributed by atoms with Crippen molar-refractivity contribution in [3.8, 4) is 0 Å². The molecule has 0 heterocycles. The van der Waals surface area contributed by atoms with E-state index in [4.69, 9.17) is 0 Å². The van der Waals surface area contributed by atoms with E-state index >= 15 is 0 Å². The van der Waals surface area contributed by atoms with Crippen LogP contribution >= 0.6 is 0 Å². The van der Waals surface area contributed by atoms with Gasteiger partial charge in [-0.3, -0.25) is 4.79 Å². The van der Waals surface area contributed by atoms with E-state index in [1.54, 1.807) is 0 Å². The van der Waals surface area contributed by atoms with Gasteiger partial charge in [-0.15, -0.1) is 0 Å². The summed E-state index contributed by atoms with van der Waals surface area (Å²) in [4.78, 5) is 11.4. The van der Waals surface area contributed by atoms with E-state index in [1.807, 2.05) is 30.3 Å². The highest BCUT2D eigenvalue weighted by Crippen LogP contribution is 2.27. The molecule has 3 nitrogen and oxygen atoms in total. The summed E-state index contributed by atoms with van der Waals surface area (Å²) in [5.74, 6) is 0.895. The Balaban J connectivity index is 1.59. The average molecular weight is 218 g/mol. The molecule has 1 aliphatic rings. The van der Waals surface area contributed by atoms with Gasteiger partial charge in [0.25, 0.3) is 0 Å². The summed E-state index contributed by atoms with van der Waals surface area (Å²) in [6.07, 6.45) is 2.64. The molecule has 1 amide bonds. The van der Waals surface area contributed by atoms with Crippen LogP contribution in [-0.2, 0) is 11.3 Å². The largest absolute Gasteiger partial charge is 0.351 e. The maximum atomic E-state index is 11.4. The maximum absolute atomic E-state index is 11.4. The molecule has 1 aliphatic carbocycles. The van der Waals surface area contributed by atoms with Crippen LogP contribution in [0.2, 0.25) is 0 Å². The normalized spacial score (nSPS) is 14.8. The molecule has 0 aromatic heterocycles. The number of hydrogen-bond acceptors (Lipinski definition) is 2. The van der Waals surface area contributed by atoms with Gasteiger partial charge in [0.15, 0.2) is 0 Å². The Morgan fingerprint density at radius 1 is 1.25 bits per heavy atom. The van der Waals surface area contributed by atoms with Crippen LogP contribution in [0.5, 0.6) is 0 Å². The minimum atomic E-state index is 0.0736. The fraction of sp³-hybridized carbons (Fsp3) is 0.462. The zero-order valence-corrected chi connectivity index (χ0v) is 9.41. The van der Waals surface area contributed by atoms with Crippen molar-refractivity contribution >= 4 is 5.91 Å². The van der Waals surface area contributed by atoms with Gasteiger partial charge in [-0.05, 0) is 30.9 Å². The summed E-state index contributed by atoms with van der Waals surface area (Å²) >= 11 is 0. The smallest absolute Gasteiger partial charge is 0.234 e. The third kappa shape index (κ3) is 4.03. The number of hydrogen-bond donors (Lipinski definition) is 2. The molecule has 0 radical (unpaired) electrons. The Morgan fingerprint density at radius 3 is 2.69 bits per heavy atom. The summed E-state index contributed by atoms with van der Waals surface area (Å²) in [6, 6.07) is 9.96. The Labute approximate surface area is 96.2 Å². The van der Waals surface area contributed by atoms with Gasteiger partial charge in [0.05, 0.1) is 6.54 Å². The van der Waals surface area contributed by atoms with Crippen molar-refractivity contribution in [2.45, 2.75) is 19.4 Å². The van der Waals surface area contributed by atoms with Crippen LogP contribution in [0.25, 0.3) is 0 Å². The molecule has 0 bridgehead atoms. The highest BCUT2D eigenvalue weighted by Gasteiger charge is 2.20. The van der Waals surface area contributed by atoms with Gasteiger partial charge in [-0.25, -0.2) is 0 Å². The minimum Gasteiger partial charge on any atom is -0.351 e. The second-order valence-electron chi connectivity index (χ2n) is 4.34. The number of benzene rings is 1. The number of carbonyl (C=O) groups excluding carboxylic acids is 1. The lowest BCUT2D eigenvalue weighted by molar-refractivity contribution is -0.120. The summed E-state index contributed by atoms with van der Waals surface area (Å²) in [6.45, 7) is 2.03. The van der Waals surface area contributed by atoms with E-state index in [2.05, 4.69) is 10.6 Å². The SMILES string of the molecule is O=C(CNCC1CC1)NCc1ccccc1. The van der Waals surface area contributed by atoms with E-state index in [0.29, 0.717) is 13.1 Å². The molecule has 0 atom stereocenters. The summed E-state index contributed by atoms with van der Waals surface area (Å²) in [5.41, 5.74) is 1.14. The van der Waals surface area contributed by atoms with Crippen LogP contribution in [0.3, 0.4) is 0 Å². The van der Waals surface area contributed by atoms with Crippen molar-refractivity contribution in [1.29, 1.82) is 0 Å². The summed E-state index contributed by atoms with van der Waals surface area (Å²) < 4.78 is 0. The van der Waals surface area contributed by atoms with Gasteiger partial charge < -0.3 is 10.6 Å². The molecule has 0 unspecified atom stereocenters. The van der Waals surface area contributed by atoms with Crippen LogP contribution < -0.4 is 10.6 Å². The predicted molar refractivity (Wildman–Crippen MR) is 63.9 cm³/mol. The van der Waals surface area contributed by atoms with Crippen LogP contribution in [0.1, 0.15) is 18.4 Å². The molecule has 1 aromatic rings. The third-order valence-electron chi connectivity index (χ3n) is 2.75. The first-order valence-electron chi connectivity index (χ1n) is 5.86. The van der Waals surface area contributed by atoms with Crippen molar-refractivity contribution in [2.24, 2.45) is 5.92 Å². The highest BCUT2D eigenvalue weighted by atomic mass is 16.1. The quantitative estimate of drug-likeness (QED) is 0.755. The molecule has 0 spiro atoms. The predicted octanol–water partition coefficient (Wildman–Crippen LogP) is 1.30. The molecule has 86 valence electrons. The molecular weight excluding hydrogens is 200 g/mol. The standard InChI is InChI=1S/C13H18N2O/c16-13(10-14-8-12-6-7-12)15-9-11-4-2-1-3-5-11/h1-5,12,14H,6-10H2,(H,15,16). The summed E-state index contributed by atoms with van der Waals surface area (Å²) in [5, 5.41) is 6.06. The van der Waals surface area contributed by atoms with Crippen LogP contribution in [0, 0.1) is 5.92 Å². The third-order valence-corrected chi connectivity index (χ3v) is 2.75. The molecule has 1 fully saturated rings. The van der Waals surface area contributed by atoms with Crippen molar-refractivity contribution in [2.75, 3.05) is 13.1 Å². The lowest BCUT2D eigenvalue weighted by atomic mass is 10.2. The fourth-order valence-corrected chi connectivity index (χ4v) is 1.57. The van der Waals surface area contributed by atoms with Crippen LogP contribution in [0.4, 0.5) is 0 Å². The fourth-order valence-electron chi connectivity index (χ4n) is 1.57. The van der Waals surface area contributed by atoms with E-state index in [0.717, 1.165) is 18.0 Å². The lowest BCUT2D eigenvalue weighted by Crippen LogP contribution is -2.34. The molecule has 1 saturated carbocycles. The maximum Gasteiger partial charge on any atom is 0.234 e. The van der Waals surface area contributed by atoms with Crippen molar-refractivity contribution in [3.05, 3.63) is 35.9 Å². The number of carbonyl (C=O) groups is 1. The second kappa shape index (κ2) is 5.66. The Bertz CT molecular complexity index is 333. The van der Waals surface area contributed by atoms with Gasteiger partial charge in [-0.1, -0.05) is 30.3 Å². The Morgan fingerprint density at radius 2 is 2.00 bits per heavy atom. The molecule has 0 aliphatic heterocycles. The lowest BCUT2D eigenvalue weighted by Gasteiger charge is -2.06. The van der Waals surface area contributed by atoms with Gasteiger partial charge >= 0.3 is 0 Å². The molecular formula is C13H18N2O. The van der Waals surface area contributed by atoms with Crippen molar-refractivity contribution < 1.29 is 4.79 Å². The van der Waals surface area contributed by atoms with Crippen LogP contribution in [0.15, 0.2) is 30.3 Å². The van der Waals surface area contributed by atoms with Crippen molar-refractivity contribution in [3.63, 3.8) is 0 Å². The highest BCUT2D eigenvalue weighted by molar-refractivity contribution is 5.77. The molecule has 3 heteroatoms. The van der Waals surface area contributed by atoms with Crippen LogP contribution in [-0.4, -0.2) is 19.0 Å². The molecule has 2 N–H and O–H groups in total. The molecule has 0 saturated heterocycles. The first-order chi connectivity index (χ1) is 7.84. The number of rotatable bonds is 6. The number of nitrogens with one attached hydrogen (secondary N) is 2. The monoisotopic (exact) mass is 218 g/mol. The van der Waals surface area contributed by atoms with Gasteiger partial charge in [0.1, 0.15) is 0 Å². The molecule has 1 aromatic carbocycles.